The predicted molar refractivity (Wildman–Crippen MR) is 81.3 cm³/mol. The summed E-state index contributed by atoms with van der Waals surface area (Å²) >= 11 is 0. The summed E-state index contributed by atoms with van der Waals surface area (Å²) in [6, 6.07) is 9.06. The Bertz CT molecular complexity index is 415. The van der Waals surface area contributed by atoms with Gasteiger partial charge in [0.1, 0.15) is 6.04 Å². The van der Waals surface area contributed by atoms with Crippen LogP contribution in [0.25, 0.3) is 0 Å². The number of rotatable bonds is 5. The zero-order valence-corrected chi connectivity index (χ0v) is 12.2. The van der Waals surface area contributed by atoms with Gasteiger partial charge in [0.2, 0.25) is 5.91 Å². The maximum atomic E-state index is 12.1. The van der Waals surface area contributed by atoms with Crippen LogP contribution < -0.4 is 11.1 Å². The summed E-state index contributed by atoms with van der Waals surface area (Å²) in [5.41, 5.74) is 6.85. The molecule has 2 rings (SSSR count). The molecular weight excluding hydrogens is 250 g/mol. The van der Waals surface area contributed by atoms with Crippen LogP contribution in [-0.4, -0.2) is 36.5 Å². The van der Waals surface area contributed by atoms with Gasteiger partial charge in [-0.05, 0) is 38.4 Å². The second-order valence-electron chi connectivity index (χ2n) is 5.66. The maximum absolute atomic E-state index is 12.1. The van der Waals surface area contributed by atoms with Crippen molar-refractivity contribution in [1.29, 1.82) is 0 Å². The van der Waals surface area contributed by atoms with Gasteiger partial charge >= 0.3 is 0 Å². The van der Waals surface area contributed by atoms with E-state index in [2.05, 4.69) is 10.2 Å². The summed E-state index contributed by atoms with van der Waals surface area (Å²) in [5.74, 6) is -0.0966. The maximum Gasteiger partial charge on any atom is 0.241 e. The molecule has 1 aromatic carbocycles. The number of nitrogens with two attached hydrogens (primary N) is 1. The molecule has 110 valence electrons. The van der Waals surface area contributed by atoms with Gasteiger partial charge in [0.15, 0.2) is 0 Å². The van der Waals surface area contributed by atoms with E-state index in [4.69, 9.17) is 5.73 Å². The van der Waals surface area contributed by atoms with Crippen LogP contribution >= 0.6 is 0 Å². The molecule has 2 atom stereocenters. The van der Waals surface area contributed by atoms with Gasteiger partial charge in [0.05, 0.1) is 0 Å². The SMILES string of the molecule is CC(CN1CCCCC1)NC(=O)C(N)c1ccccc1. The first-order valence-electron chi connectivity index (χ1n) is 7.50. The molecule has 0 bridgehead atoms. The van der Waals surface area contributed by atoms with E-state index in [1.54, 1.807) is 0 Å². The van der Waals surface area contributed by atoms with Gasteiger partial charge in [0.25, 0.3) is 0 Å². The Morgan fingerprint density at radius 1 is 1.25 bits per heavy atom. The lowest BCUT2D eigenvalue weighted by Crippen LogP contribution is -2.46. The van der Waals surface area contributed by atoms with Crippen molar-refractivity contribution in [3.8, 4) is 0 Å². The van der Waals surface area contributed by atoms with E-state index in [1.165, 1.54) is 19.3 Å². The molecule has 4 nitrogen and oxygen atoms in total. The van der Waals surface area contributed by atoms with Crippen LogP contribution in [0.5, 0.6) is 0 Å². The van der Waals surface area contributed by atoms with Crippen LogP contribution in [0.2, 0.25) is 0 Å². The summed E-state index contributed by atoms with van der Waals surface area (Å²) < 4.78 is 0. The Kier molecular flexibility index (Phi) is 5.56. The minimum atomic E-state index is -0.583. The van der Waals surface area contributed by atoms with E-state index in [-0.39, 0.29) is 11.9 Å². The Morgan fingerprint density at radius 2 is 1.90 bits per heavy atom. The number of carbonyl (C=O) groups is 1. The molecule has 0 spiro atoms. The quantitative estimate of drug-likeness (QED) is 0.859. The third-order valence-corrected chi connectivity index (χ3v) is 3.81. The molecule has 4 heteroatoms. The van der Waals surface area contributed by atoms with Crippen molar-refractivity contribution < 1.29 is 4.79 Å². The van der Waals surface area contributed by atoms with Crippen molar-refractivity contribution in [3.05, 3.63) is 35.9 Å². The molecule has 0 aliphatic carbocycles. The number of likely N-dealkylation sites (tertiary alicyclic amines) is 1. The minimum absolute atomic E-state index is 0.0966. The first-order valence-corrected chi connectivity index (χ1v) is 7.50. The average Bonchev–Trinajstić information content (AvgIpc) is 2.48. The smallest absolute Gasteiger partial charge is 0.241 e. The lowest BCUT2D eigenvalue weighted by Gasteiger charge is -2.29. The van der Waals surface area contributed by atoms with E-state index in [9.17, 15) is 4.79 Å². The van der Waals surface area contributed by atoms with E-state index in [0.29, 0.717) is 0 Å². The van der Waals surface area contributed by atoms with Gasteiger partial charge in [-0.15, -0.1) is 0 Å². The highest BCUT2D eigenvalue weighted by molar-refractivity contribution is 5.83. The van der Waals surface area contributed by atoms with Crippen LogP contribution in [0, 0.1) is 0 Å². The Hall–Kier alpha value is -1.39. The van der Waals surface area contributed by atoms with Crippen LogP contribution in [0.4, 0.5) is 0 Å². The number of carbonyl (C=O) groups excluding carboxylic acids is 1. The number of nitrogens with one attached hydrogen (secondary N) is 1. The van der Waals surface area contributed by atoms with E-state index in [1.807, 2.05) is 37.3 Å². The summed E-state index contributed by atoms with van der Waals surface area (Å²) in [4.78, 5) is 14.6. The van der Waals surface area contributed by atoms with Crippen LogP contribution in [0.3, 0.4) is 0 Å². The van der Waals surface area contributed by atoms with Crippen molar-refractivity contribution in [2.75, 3.05) is 19.6 Å². The number of piperidine rings is 1. The minimum Gasteiger partial charge on any atom is -0.351 e. The molecule has 2 unspecified atom stereocenters. The monoisotopic (exact) mass is 275 g/mol. The summed E-state index contributed by atoms with van der Waals surface area (Å²) in [6.07, 6.45) is 3.87. The zero-order chi connectivity index (χ0) is 14.4. The normalized spacial score (nSPS) is 19.3. The van der Waals surface area contributed by atoms with Crippen molar-refractivity contribution in [3.63, 3.8) is 0 Å². The largest absolute Gasteiger partial charge is 0.351 e. The van der Waals surface area contributed by atoms with Crippen molar-refractivity contribution >= 4 is 5.91 Å². The number of hydrogen-bond donors (Lipinski definition) is 2. The molecule has 1 fully saturated rings. The first kappa shape index (κ1) is 15.0. The van der Waals surface area contributed by atoms with E-state index >= 15 is 0 Å². The fourth-order valence-electron chi connectivity index (χ4n) is 2.72. The summed E-state index contributed by atoms with van der Waals surface area (Å²) in [6.45, 7) is 5.24. The molecule has 1 saturated heterocycles. The molecule has 1 aliphatic heterocycles. The molecule has 3 N–H and O–H groups in total. The molecule has 0 saturated carbocycles. The molecular formula is C16H25N3O. The van der Waals surface area contributed by atoms with Crippen molar-refractivity contribution in [2.24, 2.45) is 5.73 Å². The average molecular weight is 275 g/mol. The van der Waals surface area contributed by atoms with Gasteiger partial charge < -0.3 is 16.0 Å². The summed E-state index contributed by atoms with van der Waals surface area (Å²) in [5, 5.41) is 3.02. The number of amides is 1. The molecule has 1 amide bonds. The van der Waals surface area contributed by atoms with Gasteiger partial charge in [0, 0.05) is 12.6 Å². The highest BCUT2D eigenvalue weighted by atomic mass is 16.2. The second-order valence-corrected chi connectivity index (χ2v) is 5.66. The highest BCUT2D eigenvalue weighted by Gasteiger charge is 2.19. The predicted octanol–water partition coefficient (Wildman–Crippen LogP) is 1.68. The van der Waals surface area contributed by atoms with Gasteiger partial charge in [-0.25, -0.2) is 0 Å². The fraction of sp³-hybridized carbons (Fsp3) is 0.562. The van der Waals surface area contributed by atoms with Gasteiger partial charge in [-0.1, -0.05) is 36.8 Å². The Balaban J connectivity index is 1.81. The highest BCUT2D eigenvalue weighted by Crippen LogP contribution is 2.11. The van der Waals surface area contributed by atoms with Gasteiger partial charge in [-0.2, -0.15) is 0 Å². The third kappa shape index (κ3) is 4.32. The molecule has 1 aromatic rings. The van der Waals surface area contributed by atoms with Crippen molar-refractivity contribution in [2.45, 2.75) is 38.3 Å². The summed E-state index contributed by atoms with van der Waals surface area (Å²) in [7, 11) is 0. The molecule has 1 aliphatic rings. The second kappa shape index (κ2) is 7.41. The molecule has 1 heterocycles. The van der Waals surface area contributed by atoms with Crippen LogP contribution in [-0.2, 0) is 4.79 Å². The van der Waals surface area contributed by atoms with Gasteiger partial charge in [-0.3, -0.25) is 4.79 Å². The fourth-order valence-corrected chi connectivity index (χ4v) is 2.72. The Labute approximate surface area is 121 Å². The number of benzene rings is 1. The Morgan fingerprint density at radius 3 is 2.55 bits per heavy atom. The first-order chi connectivity index (χ1) is 9.66. The van der Waals surface area contributed by atoms with E-state index < -0.39 is 6.04 Å². The lowest BCUT2D eigenvalue weighted by atomic mass is 10.1. The van der Waals surface area contributed by atoms with Crippen LogP contribution in [0.1, 0.15) is 37.8 Å². The molecule has 20 heavy (non-hydrogen) atoms. The molecule has 0 radical (unpaired) electrons. The molecule has 0 aromatic heterocycles. The number of hydrogen-bond acceptors (Lipinski definition) is 3. The topological polar surface area (TPSA) is 58.4 Å². The van der Waals surface area contributed by atoms with E-state index in [0.717, 1.165) is 25.2 Å². The van der Waals surface area contributed by atoms with Crippen LogP contribution in [0.15, 0.2) is 30.3 Å². The standard InChI is InChI=1S/C16H25N3O/c1-13(12-19-10-6-3-7-11-19)18-16(20)15(17)14-8-4-2-5-9-14/h2,4-5,8-9,13,15H,3,6-7,10-12,17H2,1H3,(H,18,20). The van der Waals surface area contributed by atoms with Crippen molar-refractivity contribution in [1.82, 2.24) is 10.2 Å². The number of nitrogens with zero attached hydrogens (tertiary/aromatic N) is 1. The zero-order valence-electron chi connectivity index (χ0n) is 12.2. The third-order valence-electron chi connectivity index (χ3n) is 3.81. The lowest BCUT2D eigenvalue weighted by molar-refractivity contribution is -0.123.